The van der Waals surface area contributed by atoms with Crippen molar-refractivity contribution < 1.29 is 49.0 Å². The highest BCUT2D eigenvalue weighted by atomic mass is 16.6. The van der Waals surface area contributed by atoms with Crippen LogP contribution in [-0.4, -0.2) is 75.7 Å². The maximum Gasteiger partial charge on any atom is 0.331 e. The Kier molecular flexibility index (Phi) is 8.92. The molecule has 0 aliphatic carbocycles. The molecule has 1 aliphatic heterocycles. The molecule has 0 saturated carbocycles. The molecular weight excluding hydrogens is 524 g/mol. The summed E-state index contributed by atoms with van der Waals surface area (Å²) in [4.78, 5) is 26.0. The first kappa shape index (κ1) is 29.2. The van der Waals surface area contributed by atoms with Crippen LogP contribution in [0.3, 0.4) is 0 Å². The monoisotopic (exact) mass is 556 g/mol. The van der Waals surface area contributed by atoms with Crippen molar-refractivity contribution in [3.8, 4) is 11.5 Å². The number of carbonyl (C=O) groups is 1. The Labute approximate surface area is 229 Å². The van der Waals surface area contributed by atoms with E-state index in [0.717, 1.165) is 6.08 Å². The Morgan fingerprint density at radius 1 is 1.15 bits per heavy atom. The number of phenols is 1. The number of hydrogen-bond donors (Lipinski definition) is 5. The van der Waals surface area contributed by atoms with Crippen LogP contribution in [0.2, 0.25) is 0 Å². The lowest BCUT2D eigenvalue weighted by Gasteiger charge is -2.42. The number of phenolic OH excluding ortho intramolecular Hbond substituents is 1. The van der Waals surface area contributed by atoms with E-state index in [2.05, 4.69) is 0 Å². The first-order chi connectivity index (χ1) is 19.0. The molecule has 2 aromatic carbocycles. The van der Waals surface area contributed by atoms with Crippen molar-refractivity contribution in [2.75, 3.05) is 13.7 Å². The molecule has 2 heterocycles. The van der Waals surface area contributed by atoms with Gasteiger partial charge in [-0.3, -0.25) is 4.79 Å². The van der Waals surface area contributed by atoms with Gasteiger partial charge in [-0.25, -0.2) is 4.79 Å². The normalized spacial score (nSPS) is 23.8. The fourth-order valence-corrected chi connectivity index (χ4v) is 4.77. The lowest BCUT2D eigenvalue weighted by atomic mass is 9.89. The van der Waals surface area contributed by atoms with Crippen molar-refractivity contribution >= 4 is 23.0 Å². The molecule has 1 unspecified atom stereocenters. The highest BCUT2D eigenvalue weighted by molar-refractivity contribution is 5.88. The highest BCUT2D eigenvalue weighted by Gasteiger charge is 2.49. The van der Waals surface area contributed by atoms with Gasteiger partial charge in [-0.1, -0.05) is 12.1 Å². The quantitative estimate of drug-likeness (QED) is 0.201. The molecule has 0 radical (unpaired) electrons. The third kappa shape index (κ3) is 6.03. The number of hydrogen-bond acceptors (Lipinski definition) is 11. The summed E-state index contributed by atoms with van der Waals surface area (Å²) in [7, 11) is 1.38. The van der Waals surface area contributed by atoms with Gasteiger partial charge in [0.2, 0.25) is 0 Å². The number of esters is 1. The Balaban J connectivity index is 1.83. The second kappa shape index (κ2) is 12.2. The summed E-state index contributed by atoms with van der Waals surface area (Å²) in [6.07, 6.45) is -5.68. The molecule has 1 saturated heterocycles. The fourth-order valence-electron chi connectivity index (χ4n) is 4.77. The SMILES string of the molecule is COc1cc(C)c2c(=O)cc(C[C@@H](C)O)oc2c1C1O[C@H](CO)[C@@H](O)[C@H](O)[C@H]1OC(=O)/C=C\c1ccc(O)cc1. The molecule has 1 fully saturated rings. The van der Waals surface area contributed by atoms with Gasteiger partial charge in [-0.2, -0.15) is 0 Å². The van der Waals surface area contributed by atoms with E-state index in [4.69, 9.17) is 18.6 Å². The number of aryl methyl sites for hydroxylation is 1. The summed E-state index contributed by atoms with van der Waals surface area (Å²) in [5.41, 5.74) is 0.876. The number of methoxy groups -OCH3 is 1. The van der Waals surface area contributed by atoms with Crippen LogP contribution in [0.25, 0.3) is 17.0 Å². The van der Waals surface area contributed by atoms with Crippen LogP contribution in [0, 0.1) is 6.92 Å². The van der Waals surface area contributed by atoms with Gasteiger partial charge in [0.15, 0.2) is 11.5 Å². The Morgan fingerprint density at radius 2 is 1.85 bits per heavy atom. The zero-order valence-electron chi connectivity index (χ0n) is 22.2. The molecule has 5 N–H and O–H groups in total. The summed E-state index contributed by atoms with van der Waals surface area (Å²) < 4.78 is 23.2. The highest BCUT2D eigenvalue weighted by Crippen LogP contribution is 2.43. The number of aliphatic hydroxyl groups excluding tert-OH is 4. The first-order valence-electron chi connectivity index (χ1n) is 12.7. The van der Waals surface area contributed by atoms with E-state index < -0.39 is 54.6 Å². The maximum atomic E-state index is 13.1. The average molecular weight is 557 g/mol. The van der Waals surface area contributed by atoms with Crippen molar-refractivity contribution in [2.45, 2.75) is 56.9 Å². The lowest BCUT2D eigenvalue weighted by molar-refractivity contribution is -0.239. The van der Waals surface area contributed by atoms with Gasteiger partial charge in [-0.15, -0.1) is 0 Å². The van der Waals surface area contributed by atoms with E-state index in [0.29, 0.717) is 11.1 Å². The third-order valence-corrected chi connectivity index (χ3v) is 6.68. The lowest BCUT2D eigenvalue weighted by Crippen LogP contribution is -2.56. The Hall–Kier alpha value is -3.74. The molecule has 0 bridgehead atoms. The van der Waals surface area contributed by atoms with Crippen LogP contribution >= 0.6 is 0 Å². The molecule has 11 heteroatoms. The summed E-state index contributed by atoms with van der Waals surface area (Å²) >= 11 is 0. The topological polar surface area (TPSA) is 176 Å². The van der Waals surface area contributed by atoms with Crippen molar-refractivity contribution in [1.29, 1.82) is 0 Å². The molecule has 6 atom stereocenters. The number of ether oxygens (including phenoxy) is 3. The number of aliphatic hydroxyl groups is 4. The zero-order valence-corrected chi connectivity index (χ0v) is 22.2. The largest absolute Gasteiger partial charge is 0.508 e. The molecule has 4 rings (SSSR count). The van der Waals surface area contributed by atoms with E-state index in [1.165, 1.54) is 38.3 Å². The summed E-state index contributed by atoms with van der Waals surface area (Å²) in [6.45, 7) is 2.55. The summed E-state index contributed by atoms with van der Waals surface area (Å²) in [5.74, 6) is -0.456. The predicted molar refractivity (Wildman–Crippen MR) is 143 cm³/mol. The Morgan fingerprint density at radius 3 is 2.48 bits per heavy atom. The molecular formula is C29H32O11. The smallest absolute Gasteiger partial charge is 0.331 e. The van der Waals surface area contributed by atoms with Crippen molar-refractivity contribution in [1.82, 2.24) is 0 Å². The molecule has 11 nitrogen and oxygen atoms in total. The van der Waals surface area contributed by atoms with E-state index in [-0.39, 0.29) is 40.2 Å². The van der Waals surface area contributed by atoms with Crippen molar-refractivity contribution in [3.63, 3.8) is 0 Å². The molecule has 40 heavy (non-hydrogen) atoms. The van der Waals surface area contributed by atoms with Crippen molar-refractivity contribution in [3.05, 3.63) is 75.1 Å². The molecule has 214 valence electrons. The molecule has 3 aromatic rings. The fraction of sp³-hybridized carbons (Fsp3) is 0.379. The molecule has 1 aliphatic rings. The minimum Gasteiger partial charge on any atom is -0.508 e. The minimum absolute atomic E-state index is 0.0333. The molecule has 0 amide bonds. The predicted octanol–water partition coefficient (Wildman–Crippen LogP) is 1.52. The van der Waals surface area contributed by atoms with Gasteiger partial charge >= 0.3 is 5.97 Å². The standard InChI is InChI=1S/C29H32O11/c1-14-10-20(37-3)24(27-23(14)19(33)12-18(38-27)11-15(2)31)28-29(26(36)25(35)21(13-30)39-28)40-22(34)9-6-16-4-7-17(32)8-5-16/h4-10,12,15,21,25-26,28-32,35-36H,11,13H2,1-3H3/b9-6-/t15-,21-,25-,26+,28?,29-/m1/s1. The van der Waals surface area contributed by atoms with Crippen molar-refractivity contribution in [2.24, 2.45) is 0 Å². The van der Waals surface area contributed by atoms with Gasteiger partial charge in [0.05, 0.1) is 30.8 Å². The van der Waals surface area contributed by atoms with Crippen LogP contribution < -0.4 is 10.2 Å². The van der Waals surface area contributed by atoms with Crippen LogP contribution in [0.5, 0.6) is 11.5 Å². The number of benzene rings is 2. The van der Waals surface area contributed by atoms with Gasteiger partial charge in [-0.05, 0) is 49.2 Å². The number of rotatable bonds is 8. The van der Waals surface area contributed by atoms with Crippen LogP contribution in [0.1, 0.15) is 35.5 Å². The van der Waals surface area contributed by atoms with E-state index in [9.17, 15) is 35.1 Å². The Bertz CT molecular complexity index is 1440. The second-order valence-corrected chi connectivity index (χ2v) is 9.73. The van der Waals surface area contributed by atoms with Gasteiger partial charge in [0.1, 0.15) is 47.3 Å². The summed E-state index contributed by atoms with van der Waals surface area (Å²) in [5, 5.41) is 51.0. The van der Waals surface area contributed by atoms with Crippen LogP contribution in [-0.2, 0) is 20.7 Å². The molecule has 1 aromatic heterocycles. The van der Waals surface area contributed by atoms with Gasteiger partial charge in [0, 0.05) is 18.6 Å². The van der Waals surface area contributed by atoms with Gasteiger partial charge in [0.25, 0.3) is 0 Å². The number of carbonyl (C=O) groups excluding carboxylic acids is 1. The van der Waals surface area contributed by atoms with Gasteiger partial charge < -0.3 is 44.2 Å². The second-order valence-electron chi connectivity index (χ2n) is 9.73. The maximum absolute atomic E-state index is 13.1. The van der Waals surface area contributed by atoms with E-state index >= 15 is 0 Å². The zero-order chi connectivity index (χ0) is 29.1. The first-order valence-corrected chi connectivity index (χ1v) is 12.7. The molecule has 0 spiro atoms. The van der Waals surface area contributed by atoms with E-state index in [1.54, 1.807) is 25.1 Å². The van der Waals surface area contributed by atoms with Crippen LogP contribution in [0.4, 0.5) is 0 Å². The third-order valence-electron chi connectivity index (χ3n) is 6.68. The summed E-state index contributed by atoms with van der Waals surface area (Å²) in [6, 6.07) is 8.89. The van der Waals surface area contributed by atoms with E-state index in [1.807, 2.05) is 0 Å². The minimum atomic E-state index is -1.70. The number of aromatic hydroxyl groups is 1. The van der Waals surface area contributed by atoms with Crippen LogP contribution in [0.15, 0.2) is 51.7 Å². The number of fused-ring (bicyclic) bond motifs is 1. The average Bonchev–Trinajstić information content (AvgIpc) is 2.90.